The molecule has 0 atom stereocenters. The van der Waals surface area contributed by atoms with Crippen LogP contribution in [0.15, 0.2) is 47.1 Å². The van der Waals surface area contributed by atoms with Gasteiger partial charge in [-0.2, -0.15) is 5.10 Å². The zero-order chi connectivity index (χ0) is 18.0. The summed E-state index contributed by atoms with van der Waals surface area (Å²) in [6.45, 7) is 1.87. The molecule has 0 aliphatic rings. The predicted molar refractivity (Wildman–Crippen MR) is 101 cm³/mol. The van der Waals surface area contributed by atoms with E-state index in [9.17, 15) is 9.59 Å². The molecule has 3 aromatic rings. The molecule has 3 rings (SSSR count). The number of hydrogen-bond acceptors (Lipinski definition) is 3. The van der Waals surface area contributed by atoms with Gasteiger partial charge in [0.25, 0.3) is 5.91 Å². The molecule has 1 heterocycles. The molecule has 128 valence electrons. The molecule has 0 spiro atoms. The predicted octanol–water partition coefficient (Wildman–Crippen LogP) is 3.34. The van der Waals surface area contributed by atoms with E-state index < -0.39 is 0 Å². The maximum absolute atomic E-state index is 12.6. The third-order valence-corrected chi connectivity index (χ3v) is 4.39. The van der Waals surface area contributed by atoms with Gasteiger partial charge in [0.15, 0.2) is 0 Å². The number of halogens is 1. The van der Waals surface area contributed by atoms with Gasteiger partial charge in [-0.25, -0.2) is 0 Å². The van der Waals surface area contributed by atoms with Crippen molar-refractivity contribution in [3.8, 4) is 0 Å². The number of carbonyl (C=O) groups is 2. The molecule has 2 amide bonds. The molecule has 2 aromatic carbocycles. The van der Waals surface area contributed by atoms with E-state index in [-0.39, 0.29) is 18.4 Å². The van der Waals surface area contributed by atoms with Gasteiger partial charge in [0.05, 0.1) is 23.8 Å². The Kier molecular flexibility index (Phi) is 4.85. The van der Waals surface area contributed by atoms with E-state index >= 15 is 0 Å². The molecular formula is C18H17BrN4O2. The van der Waals surface area contributed by atoms with Crippen LogP contribution in [-0.4, -0.2) is 40.5 Å². The third kappa shape index (κ3) is 3.71. The van der Waals surface area contributed by atoms with E-state index in [1.54, 1.807) is 25.4 Å². The van der Waals surface area contributed by atoms with Gasteiger partial charge in [0.1, 0.15) is 0 Å². The maximum atomic E-state index is 12.6. The summed E-state index contributed by atoms with van der Waals surface area (Å²) in [5, 5.41) is 10.5. The number of nitrogens with zero attached hydrogens (tertiary/aromatic N) is 2. The van der Waals surface area contributed by atoms with Crippen LogP contribution in [0.4, 0.5) is 5.69 Å². The average molecular weight is 401 g/mol. The van der Waals surface area contributed by atoms with E-state index in [1.165, 1.54) is 4.90 Å². The van der Waals surface area contributed by atoms with Crippen molar-refractivity contribution >= 4 is 44.3 Å². The van der Waals surface area contributed by atoms with Crippen molar-refractivity contribution in [2.75, 3.05) is 18.9 Å². The summed E-state index contributed by atoms with van der Waals surface area (Å²) in [7, 11) is 1.60. The first-order chi connectivity index (χ1) is 12.0. The van der Waals surface area contributed by atoms with Crippen LogP contribution in [0.3, 0.4) is 0 Å². The molecule has 0 unspecified atom stereocenters. The summed E-state index contributed by atoms with van der Waals surface area (Å²) in [5.74, 6) is -0.490. The summed E-state index contributed by atoms with van der Waals surface area (Å²) >= 11 is 3.39. The molecule has 0 bridgehead atoms. The van der Waals surface area contributed by atoms with Gasteiger partial charge in [0, 0.05) is 22.6 Å². The average Bonchev–Trinajstić information content (AvgIpc) is 3.05. The van der Waals surface area contributed by atoms with Gasteiger partial charge < -0.3 is 10.2 Å². The number of benzene rings is 2. The van der Waals surface area contributed by atoms with E-state index in [1.807, 2.05) is 31.2 Å². The third-order valence-electron chi connectivity index (χ3n) is 3.90. The van der Waals surface area contributed by atoms with Crippen LogP contribution in [-0.2, 0) is 4.79 Å². The van der Waals surface area contributed by atoms with Crippen molar-refractivity contribution in [3.63, 3.8) is 0 Å². The van der Waals surface area contributed by atoms with E-state index in [2.05, 4.69) is 31.4 Å². The molecule has 0 aliphatic heterocycles. The minimum atomic E-state index is -0.252. The van der Waals surface area contributed by atoms with Gasteiger partial charge in [-0.15, -0.1) is 0 Å². The summed E-state index contributed by atoms with van der Waals surface area (Å²) in [4.78, 5) is 26.3. The lowest BCUT2D eigenvalue weighted by molar-refractivity contribution is -0.116. The van der Waals surface area contributed by atoms with Crippen LogP contribution in [0.25, 0.3) is 10.9 Å². The van der Waals surface area contributed by atoms with E-state index in [0.717, 1.165) is 21.1 Å². The number of para-hydroxylation sites is 1. The summed E-state index contributed by atoms with van der Waals surface area (Å²) in [5.41, 5.74) is 2.83. The maximum Gasteiger partial charge on any atom is 0.256 e. The monoisotopic (exact) mass is 400 g/mol. The molecule has 0 saturated heterocycles. The SMILES string of the molecule is Cc1cc(Br)ccc1NC(=O)CN(C)C(=O)c1cccc2cn[nH]c12. The van der Waals surface area contributed by atoms with Gasteiger partial charge in [0.2, 0.25) is 5.91 Å². The van der Waals surface area contributed by atoms with Crippen LogP contribution in [0.5, 0.6) is 0 Å². The number of nitrogens with one attached hydrogen (secondary N) is 2. The topological polar surface area (TPSA) is 78.1 Å². The second kappa shape index (κ2) is 7.06. The molecule has 0 aliphatic carbocycles. The number of amides is 2. The fourth-order valence-electron chi connectivity index (χ4n) is 2.60. The smallest absolute Gasteiger partial charge is 0.256 e. The van der Waals surface area contributed by atoms with Crippen LogP contribution in [0.2, 0.25) is 0 Å². The molecule has 7 heteroatoms. The van der Waals surface area contributed by atoms with Crippen LogP contribution in [0, 0.1) is 6.92 Å². The highest BCUT2D eigenvalue weighted by atomic mass is 79.9. The first kappa shape index (κ1) is 17.2. The number of rotatable bonds is 4. The number of anilines is 1. The number of aromatic amines is 1. The quantitative estimate of drug-likeness (QED) is 0.704. The molecule has 0 fully saturated rings. The van der Waals surface area contributed by atoms with Gasteiger partial charge in [-0.3, -0.25) is 14.7 Å². The van der Waals surface area contributed by atoms with Crippen LogP contribution < -0.4 is 5.32 Å². The molecule has 0 saturated carbocycles. The Labute approximate surface area is 153 Å². The number of carbonyl (C=O) groups excluding carboxylic acids is 2. The van der Waals surface area contributed by atoms with Crippen molar-refractivity contribution in [2.24, 2.45) is 0 Å². The Morgan fingerprint density at radius 1 is 1.28 bits per heavy atom. The molecule has 25 heavy (non-hydrogen) atoms. The zero-order valence-electron chi connectivity index (χ0n) is 13.8. The first-order valence-electron chi connectivity index (χ1n) is 7.69. The molecular weight excluding hydrogens is 384 g/mol. The number of aromatic nitrogens is 2. The van der Waals surface area contributed by atoms with Crippen LogP contribution in [0.1, 0.15) is 15.9 Å². The number of likely N-dealkylation sites (N-methyl/N-ethyl adjacent to an activating group) is 1. The lowest BCUT2D eigenvalue weighted by Crippen LogP contribution is -2.35. The largest absolute Gasteiger partial charge is 0.332 e. The fourth-order valence-corrected chi connectivity index (χ4v) is 3.07. The van der Waals surface area contributed by atoms with Crippen molar-refractivity contribution in [1.82, 2.24) is 15.1 Å². The molecule has 1 aromatic heterocycles. The number of aryl methyl sites for hydroxylation is 1. The first-order valence-corrected chi connectivity index (χ1v) is 8.48. The number of hydrogen-bond donors (Lipinski definition) is 2. The van der Waals surface area contributed by atoms with Crippen molar-refractivity contribution < 1.29 is 9.59 Å². The van der Waals surface area contributed by atoms with Gasteiger partial charge >= 0.3 is 0 Å². The Hall–Kier alpha value is -2.67. The van der Waals surface area contributed by atoms with Gasteiger partial charge in [-0.1, -0.05) is 28.1 Å². The minimum Gasteiger partial charge on any atom is -0.332 e. The summed E-state index contributed by atoms with van der Waals surface area (Å²) in [6, 6.07) is 11.0. The Bertz CT molecular complexity index is 951. The van der Waals surface area contributed by atoms with Crippen LogP contribution >= 0.6 is 15.9 Å². The minimum absolute atomic E-state index is 0.0428. The van der Waals surface area contributed by atoms with Crippen molar-refractivity contribution in [1.29, 1.82) is 0 Å². The number of H-pyrrole nitrogens is 1. The molecule has 0 radical (unpaired) electrons. The Morgan fingerprint density at radius 3 is 2.84 bits per heavy atom. The summed E-state index contributed by atoms with van der Waals surface area (Å²) < 4.78 is 0.947. The van der Waals surface area contributed by atoms with E-state index in [4.69, 9.17) is 0 Å². The highest BCUT2D eigenvalue weighted by Gasteiger charge is 2.18. The molecule has 6 nitrogen and oxygen atoms in total. The highest BCUT2D eigenvalue weighted by Crippen LogP contribution is 2.20. The van der Waals surface area contributed by atoms with E-state index in [0.29, 0.717) is 11.1 Å². The Morgan fingerprint density at radius 2 is 2.08 bits per heavy atom. The highest BCUT2D eigenvalue weighted by molar-refractivity contribution is 9.10. The normalized spacial score (nSPS) is 10.7. The van der Waals surface area contributed by atoms with Crippen molar-refractivity contribution in [2.45, 2.75) is 6.92 Å². The molecule has 2 N–H and O–H groups in total. The second-order valence-corrected chi connectivity index (χ2v) is 6.72. The lowest BCUT2D eigenvalue weighted by atomic mass is 10.1. The Balaban J connectivity index is 1.71. The second-order valence-electron chi connectivity index (χ2n) is 5.81. The lowest BCUT2D eigenvalue weighted by Gasteiger charge is -2.18. The summed E-state index contributed by atoms with van der Waals surface area (Å²) in [6.07, 6.45) is 1.66. The standard InChI is InChI=1S/C18H17BrN4O2/c1-11-8-13(19)6-7-15(11)21-16(24)10-23(2)18(25)14-5-3-4-12-9-20-22-17(12)14/h3-9H,10H2,1-2H3,(H,20,22)(H,21,24). The zero-order valence-corrected chi connectivity index (χ0v) is 15.4. The van der Waals surface area contributed by atoms with Gasteiger partial charge in [-0.05, 0) is 36.8 Å². The number of fused-ring (bicyclic) bond motifs is 1. The fraction of sp³-hybridized carbons (Fsp3) is 0.167. The van der Waals surface area contributed by atoms with Crippen molar-refractivity contribution in [3.05, 3.63) is 58.2 Å².